The highest BCUT2D eigenvalue weighted by Crippen LogP contribution is 2.27. The highest BCUT2D eigenvalue weighted by atomic mass is 16.5. The number of amides is 3. The number of para-hydroxylation sites is 1. The van der Waals surface area contributed by atoms with Crippen molar-refractivity contribution in [2.24, 2.45) is 0 Å². The van der Waals surface area contributed by atoms with E-state index in [-0.39, 0.29) is 0 Å². The van der Waals surface area contributed by atoms with Gasteiger partial charge in [-0.25, -0.2) is 4.79 Å². The standard InChI is InChI=1S/C14H20N2O4/c1-4-11(17)10-7-5-6-8-12(10)20-9(2)13(18)16-14(19)15-3/h5-9,11,17H,4H2,1-3H3,(H2,15,16,18,19)/t9?,11-/m0/s1. The fraction of sp³-hybridized carbons (Fsp3) is 0.429. The number of carbonyl (C=O) groups is 2. The van der Waals surface area contributed by atoms with Gasteiger partial charge in [0.1, 0.15) is 5.75 Å². The van der Waals surface area contributed by atoms with Crippen LogP contribution in [0.25, 0.3) is 0 Å². The van der Waals surface area contributed by atoms with Crippen molar-refractivity contribution in [3.05, 3.63) is 29.8 Å². The molecule has 2 atom stereocenters. The average molecular weight is 280 g/mol. The van der Waals surface area contributed by atoms with Gasteiger partial charge in [0.05, 0.1) is 6.10 Å². The van der Waals surface area contributed by atoms with Gasteiger partial charge in [-0.15, -0.1) is 0 Å². The molecule has 0 aliphatic heterocycles. The van der Waals surface area contributed by atoms with E-state index in [1.165, 1.54) is 14.0 Å². The molecule has 0 heterocycles. The first-order chi connectivity index (χ1) is 9.49. The van der Waals surface area contributed by atoms with E-state index in [0.717, 1.165) is 0 Å². The molecule has 3 N–H and O–H groups in total. The number of nitrogens with one attached hydrogen (secondary N) is 2. The molecule has 0 fully saturated rings. The summed E-state index contributed by atoms with van der Waals surface area (Å²) in [7, 11) is 1.42. The number of hydrogen-bond acceptors (Lipinski definition) is 4. The van der Waals surface area contributed by atoms with Crippen LogP contribution >= 0.6 is 0 Å². The van der Waals surface area contributed by atoms with Gasteiger partial charge < -0.3 is 15.2 Å². The first-order valence-electron chi connectivity index (χ1n) is 6.45. The third-order valence-corrected chi connectivity index (χ3v) is 2.80. The van der Waals surface area contributed by atoms with E-state index in [1.807, 2.05) is 6.92 Å². The maximum Gasteiger partial charge on any atom is 0.321 e. The Morgan fingerprint density at radius 1 is 1.35 bits per heavy atom. The number of ether oxygens (including phenoxy) is 1. The number of aliphatic hydroxyl groups excluding tert-OH is 1. The molecule has 20 heavy (non-hydrogen) atoms. The van der Waals surface area contributed by atoms with E-state index >= 15 is 0 Å². The molecule has 0 aromatic heterocycles. The van der Waals surface area contributed by atoms with Crippen LogP contribution in [0.3, 0.4) is 0 Å². The van der Waals surface area contributed by atoms with Crippen molar-refractivity contribution >= 4 is 11.9 Å². The minimum Gasteiger partial charge on any atom is -0.481 e. The first kappa shape index (κ1) is 16.0. The zero-order chi connectivity index (χ0) is 15.1. The summed E-state index contributed by atoms with van der Waals surface area (Å²) < 4.78 is 5.52. The lowest BCUT2D eigenvalue weighted by Gasteiger charge is -2.18. The number of rotatable bonds is 5. The van der Waals surface area contributed by atoms with E-state index in [2.05, 4.69) is 10.6 Å². The van der Waals surface area contributed by atoms with E-state index in [1.54, 1.807) is 24.3 Å². The van der Waals surface area contributed by atoms with Crippen molar-refractivity contribution in [3.63, 3.8) is 0 Å². The van der Waals surface area contributed by atoms with Gasteiger partial charge in [0.15, 0.2) is 6.10 Å². The van der Waals surface area contributed by atoms with Gasteiger partial charge in [0.25, 0.3) is 5.91 Å². The normalized spacial score (nSPS) is 13.2. The lowest BCUT2D eigenvalue weighted by atomic mass is 10.1. The second kappa shape index (κ2) is 7.49. The largest absolute Gasteiger partial charge is 0.481 e. The molecule has 6 heteroatoms. The predicted molar refractivity (Wildman–Crippen MR) is 74.4 cm³/mol. The molecule has 0 bridgehead atoms. The Hall–Kier alpha value is -2.08. The summed E-state index contributed by atoms with van der Waals surface area (Å²) in [4.78, 5) is 22.8. The third kappa shape index (κ3) is 4.24. The quantitative estimate of drug-likeness (QED) is 0.759. The summed E-state index contributed by atoms with van der Waals surface area (Å²) in [5.41, 5.74) is 0.620. The Morgan fingerprint density at radius 3 is 2.60 bits per heavy atom. The molecule has 1 unspecified atom stereocenters. The Bertz CT molecular complexity index is 476. The van der Waals surface area contributed by atoms with Crippen LogP contribution in [0.4, 0.5) is 4.79 Å². The average Bonchev–Trinajstić information content (AvgIpc) is 2.46. The number of imide groups is 1. The fourth-order valence-electron chi connectivity index (χ4n) is 1.60. The third-order valence-electron chi connectivity index (χ3n) is 2.80. The summed E-state index contributed by atoms with van der Waals surface area (Å²) in [6, 6.07) is 6.37. The van der Waals surface area contributed by atoms with Crippen molar-refractivity contribution in [1.29, 1.82) is 0 Å². The lowest BCUT2D eigenvalue weighted by molar-refractivity contribution is -0.126. The summed E-state index contributed by atoms with van der Waals surface area (Å²) in [5, 5.41) is 14.3. The number of carbonyl (C=O) groups excluding carboxylic acids is 2. The zero-order valence-electron chi connectivity index (χ0n) is 11.8. The second-order valence-corrected chi connectivity index (χ2v) is 4.29. The maximum atomic E-state index is 11.7. The molecule has 1 aromatic carbocycles. The van der Waals surface area contributed by atoms with Crippen LogP contribution in [0.15, 0.2) is 24.3 Å². The molecular weight excluding hydrogens is 260 g/mol. The first-order valence-corrected chi connectivity index (χ1v) is 6.45. The Balaban J connectivity index is 2.77. The number of benzene rings is 1. The lowest BCUT2D eigenvalue weighted by Crippen LogP contribution is -2.44. The topological polar surface area (TPSA) is 87.7 Å². The fourth-order valence-corrected chi connectivity index (χ4v) is 1.60. The van der Waals surface area contributed by atoms with Crippen LogP contribution in [0.2, 0.25) is 0 Å². The highest BCUT2D eigenvalue weighted by Gasteiger charge is 2.19. The SMILES string of the molecule is CC[C@H](O)c1ccccc1OC(C)C(=O)NC(=O)NC. The summed E-state index contributed by atoms with van der Waals surface area (Å²) in [5.74, 6) is -0.119. The van der Waals surface area contributed by atoms with Crippen LogP contribution in [0.5, 0.6) is 5.75 Å². The van der Waals surface area contributed by atoms with E-state index in [0.29, 0.717) is 17.7 Å². The molecule has 6 nitrogen and oxygen atoms in total. The van der Waals surface area contributed by atoms with Crippen LogP contribution in [-0.4, -0.2) is 30.2 Å². The van der Waals surface area contributed by atoms with Crippen molar-refractivity contribution in [3.8, 4) is 5.75 Å². The molecule has 0 spiro atoms. The molecule has 0 radical (unpaired) electrons. The van der Waals surface area contributed by atoms with E-state index in [4.69, 9.17) is 4.74 Å². The van der Waals surface area contributed by atoms with Gasteiger partial charge >= 0.3 is 6.03 Å². The minimum atomic E-state index is -0.850. The smallest absolute Gasteiger partial charge is 0.321 e. The Morgan fingerprint density at radius 2 is 2.00 bits per heavy atom. The van der Waals surface area contributed by atoms with Crippen LogP contribution in [-0.2, 0) is 4.79 Å². The molecule has 110 valence electrons. The van der Waals surface area contributed by atoms with Crippen LogP contribution < -0.4 is 15.4 Å². The number of urea groups is 1. The minimum absolute atomic E-state index is 0.432. The molecule has 3 amide bonds. The van der Waals surface area contributed by atoms with Crippen molar-refractivity contribution in [2.45, 2.75) is 32.5 Å². The van der Waals surface area contributed by atoms with Crippen molar-refractivity contribution in [2.75, 3.05) is 7.05 Å². The number of hydrogen-bond donors (Lipinski definition) is 3. The summed E-state index contributed by atoms with van der Waals surface area (Å²) >= 11 is 0. The van der Waals surface area contributed by atoms with Gasteiger partial charge in [-0.05, 0) is 19.4 Å². The van der Waals surface area contributed by atoms with E-state index in [9.17, 15) is 14.7 Å². The number of aliphatic hydroxyl groups is 1. The maximum absolute atomic E-state index is 11.7. The molecule has 0 aliphatic rings. The predicted octanol–water partition coefficient (Wildman–Crippen LogP) is 1.35. The molecule has 1 rings (SSSR count). The Labute approximate surface area is 118 Å². The monoisotopic (exact) mass is 280 g/mol. The van der Waals surface area contributed by atoms with Gasteiger partial charge in [0.2, 0.25) is 0 Å². The molecule has 0 saturated carbocycles. The second-order valence-electron chi connectivity index (χ2n) is 4.29. The van der Waals surface area contributed by atoms with Crippen molar-refractivity contribution < 1.29 is 19.4 Å². The van der Waals surface area contributed by atoms with Gasteiger partial charge in [-0.2, -0.15) is 0 Å². The van der Waals surface area contributed by atoms with Gasteiger partial charge in [0, 0.05) is 12.6 Å². The van der Waals surface area contributed by atoms with Gasteiger partial charge in [-0.1, -0.05) is 25.1 Å². The van der Waals surface area contributed by atoms with Gasteiger partial charge in [-0.3, -0.25) is 10.1 Å². The highest BCUT2D eigenvalue weighted by molar-refractivity contribution is 5.96. The molecule has 0 saturated heterocycles. The van der Waals surface area contributed by atoms with Crippen LogP contribution in [0, 0.1) is 0 Å². The Kier molecular flexibility index (Phi) is 5.99. The molecule has 1 aromatic rings. The molecule has 0 aliphatic carbocycles. The zero-order valence-corrected chi connectivity index (χ0v) is 11.8. The van der Waals surface area contributed by atoms with Crippen LogP contribution in [0.1, 0.15) is 31.9 Å². The summed E-state index contributed by atoms with van der Waals surface area (Å²) in [6.45, 7) is 3.39. The van der Waals surface area contributed by atoms with Crippen molar-refractivity contribution in [1.82, 2.24) is 10.6 Å². The molecular formula is C14H20N2O4. The summed E-state index contributed by atoms with van der Waals surface area (Å²) in [6.07, 6.45) is -0.961. The van der Waals surface area contributed by atoms with E-state index < -0.39 is 24.1 Å².